The van der Waals surface area contributed by atoms with Gasteiger partial charge in [0.25, 0.3) is 0 Å². The van der Waals surface area contributed by atoms with Gasteiger partial charge in [-0.25, -0.2) is 0 Å². The lowest BCUT2D eigenvalue weighted by molar-refractivity contribution is 1.17. The van der Waals surface area contributed by atoms with Crippen molar-refractivity contribution >= 4 is 43.6 Å². The zero-order valence-electron chi connectivity index (χ0n) is 54.0. The van der Waals surface area contributed by atoms with E-state index in [0.29, 0.717) is 67.0 Å². The number of hydrogen-bond donors (Lipinski definition) is 0. The highest BCUT2D eigenvalue weighted by Gasteiger charge is 2.33. The average Bonchev–Trinajstić information content (AvgIpc) is 1.37. The lowest BCUT2D eigenvalue weighted by atomic mass is 9.80. The highest BCUT2D eigenvalue weighted by Crippen LogP contribution is 2.53. The van der Waals surface area contributed by atoms with Crippen LogP contribution < -0.4 is 0 Å². The maximum atomic E-state index is 12.3. The van der Waals surface area contributed by atoms with Gasteiger partial charge in [-0.15, -0.1) is 0 Å². The van der Waals surface area contributed by atoms with Gasteiger partial charge >= 0.3 is 0 Å². The van der Waals surface area contributed by atoms with Gasteiger partial charge in [0.15, 0.2) is 0 Å². The molecule has 0 atom stereocenters. The second kappa shape index (κ2) is 25.2. The van der Waals surface area contributed by atoms with Crippen LogP contribution in [0, 0.1) is 45.3 Å². The summed E-state index contributed by atoms with van der Waals surface area (Å²) < 4.78 is 4.47. The van der Waals surface area contributed by atoms with E-state index in [1.807, 2.05) is 146 Å². The fraction of sp³-hybridized carbons (Fsp3) is 0. The third kappa shape index (κ3) is 10.0. The first kappa shape index (κ1) is 59.6. The summed E-state index contributed by atoms with van der Waals surface area (Å²) in [4.78, 5) is 0. The number of nitriles is 4. The molecule has 17 rings (SSSR count). The quantitative estimate of drug-likeness (QED) is 0.121. The van der Waals surface area contributed by atoms with Gasteiger partial charge in [-0.2, -0.15) is 21.0 Å². The zero-order chi connectivity index (χ0) is 67.2. The smallest absolute Gasteiger partial charge is 0.102 e. The van der Waals surface area contributed by atoms with Crippen LogP contribution in [0.5, 0.6) is 0 Å². The lowest BCUT2D eigenvalue weighted by Crippen LogP contribution is -2.08. The molecule has 0 fully saturated rings. The van der Waals surface area contributed by atoms with E-state index in [2.05, 4.69) is 228 Å². The molecule has 6 heteroatoms. The van der Waals surface area contributed by atoms with Crippen LogP contribution in [0.3, 0.4) is 0 Å². The molecule has 100 heavy (non-hydrogen) atoms. The number of hydrogen-bond acceptors (Lipinski definition) is 4. The Labute approximate surface area is 579 Å². The van der Waals surface area contributed by atoms with Gasteiger partial charge < -0.3 is 9.13 Å². The van der Waals surface area contributed by atoms with E-state index < -0.39 is 0 Å². The maximum Gasteiger partial charge on any atom is 0.102 e. The second-order valence-electron chi connectivity index (χ2n) is 25.0. The van der Waals surface area contributed by atoms with E-state index in [-0.39, 0.29) is 0 Å². The van der Waals surface area contributed by atoms with Gasteiger partial charge in [0.1, 0.15) is 24.3 Å². The number of rotatable bonds is 12. The minimum absolute atomic E-state index is 0.300. The van der Waals surface area contributed by atoms with Crippen molar-refractivity contribution in [3.63, 3.8) is 0 Å². The van der Waals surface area contributed by atoms with Crippen LogP contribution in [0.1, 0.15) is 22.3 Å². The van der Waals surface area contributed by atoms with Crippen molar-refractivity contribution in [1.82, 2.24) is 9.13 Å². The molecule has 15 aromatic carbocycles. The minimum Gasteiger partial charge on any atom is -0.307 e. The average molecular weight is 1270 g/mol. The standard InChI is InChI=1S/C94H56N6/c95-57-79-87(81(59-97)93(91(67-37-21-7-22-38-67)89(79)65-33-17-5-18-34-65)99-83-49-45-71(61-25-9-1-10-26-61)53-75(83)76-54-72(46-50-84(76)99)62-27-11-2-12-28-62)69-41-43-70(44-42-69)88-80(58-96)90(66-35-19-6-20-36-66)92(68-39-23-8-24-40-68)94(82(88)60-98)100-85-51-47-73(63-29-13-3-14-30-63)55-77(85)78-56-74(48-52-86(78)100)64-31-15-4-16-32-64/h1-56H. The lowest BCUT2D eigenvalue weighted by Gasteiger charge is -2.25. The number of benzene rings is 15. The molecule has 2 aromatic heterocycles. The van der Waals surface area contributed by atoms with Gasteiger partial charge in [0, 0.05) is 54.9 Å². The molecule has 462 valence electrons. The van der Waals surface area contributed by atoms with Crippen LogP contribution in [-0.4, -0.2) is 9.13 Å². The molecule has 0 amide bonds. The van der Waals surface area contributed by atoms with Gasteiger partial charge in [0.2, 0.25) is 0 Å². The van der Waals surface area contributed by atoms with Gasteiger partial charge in [0.05, 0.1) is 55.7 Å². The van der Waals surface area contributed by atoms with Crippen molar-refractivity contribution in [3.05, 3.63) is 362 Å². The Hall–Kier alpha value is -14.1. The predicted molar refractivity (Wildman–Crippen MR) is 408 cm³/mol. The van der Waals surface area contributed by atoms with Crippen LogP contribution >= 0.6 is 0 Å². The Morgan fingerprint density at radius 2 is 0.360 bits per heavy atom. The third-order valence-electron chi connectivity index (χ3n) is 19.5. The Balaban J connectivity index is 0.962. The van der Waals surface area contributed by atoms with Crippen molar-refractivity contribution in [3.8, 4) is 147 Å². The molecule has 0 saturated carbocycles. The molecule has 2 heterocycles. The van der Waals surface area contributed by atoms with Crippen LogP contribution in [-0.2, 0) is 0 Å². The van der Waals surface area contributed by atoms with E-state index >= 15 is 0 Å². The molecule has 0 aliphatic heterocycles. The van der Waals surface area contributed by atoms with Crippen molar-refractivity contribution < 1.29 is 0 Å². The van der Waals surface area contributed by atoms with E-state index in [9.17, 15) is 21.0 Å². The highest BCUT2D eigenvalue weighted by molar-refractivity contribution is 6.16. The summed E-state index contributed by atoms with van der Waals surface area (Å²) in [5.74, 6) is 0. The van der Waals surface area contributed by atoms with Gasteiger partial charge in [-0.1, -0.05) is 291 Å². The topological polar surface area (TPSA) is 105 Å². The van der Waals surface area contributed by atoms with Crippen LogP contribution in [0.15, 0.2) is 340 Å². The largest absolute Gasteiger partial charge is 0.307 e. The molecule has 0 N–H and O–H groups in total. The van der Waals surface area contributed by atoms with Crippen molar-refractivity contribution in [2.45, 2.75) is 0 Å². The Kier molecular flexibility index (Phi) is 15.0. The Morgan fingerprint density at radius 1 is 0.170 bits per heavy atom. The second-order valence-corrected chi connectivity index (χ2v) is 25.0. The van der Waals surface area contributed by atoms with Crippen LogP contribution in [0.4, 0.5) is 0 Å². The molecule has 0 unspecified atom stereocenters. The highest BCUT2D eigenvalue weighted by atomic mass is 15.0. The van der Waals surface area contributed by atoms with E-state index in [1.54, 1.807) is 0 Å². The number of fused-ring (bicyclic) bond motifs is 6. The first-order valence-corrected chi connectivity index (χ1v) is 33.3. The fourth-order valence-electron chi connectivity index (χ4n) is 15.1. The fourth-order valence-corrected chi connectivity index (χ4v) is 15.1. The summed E-state index contributed by atoms with van der Waals surface area (Å²) >= 11 is 0. The first-order valence-electron chi connectivity index (χ1n) is 33.3. The summed E-state index contributed by atoms with van der Waals surface area (Å²) in [5, 5.41) is 52.8. The van der Waals surface area contributed by atoms with E-state index in [1.165, 1.54) is 0 Å². The third-order valence-corrected chi connectivity index (χ3v) is 19.5. The molecule has 0 bridgehead atoms. The summed E-state index contributed by atoms with van der Waals surface area (Å²) in [6.07, 6.45) is 0. The zero-order valence-corrected chi connectivity index (χ0v) is 54.0. The molecule has 0 spiro atoms. The first-order chi connectivity index (χ1) is 49.5. The molecule has 0 aliphatic carbocycles. The minimum atomic E-state index is 0.300. The molecule has 0 radical (unpaired) electrons. The normalized spacial score (nSPS) is 11.2. The molecular formula is C94H56N6. The van der Waals surface area contributed by atoms with Crippen molar-refractivity contribution in [2.24, 2.45) is 0 Å². The summed E-state index contributed by atoms with van der Waals surface area (Å²) in [6, 6.07) is 127. The van der Waals surface area contributed by atoms with E-state index in [0.717, 1.165) is 122 Å². The maximum absolute atomic E-state index is 12.3. The SMILES string of the molecule is N#Cc1c(-c2ccc(-c3c(C#N)c(-c4ccccc4)c(-c4ccccc4)c(-n4c5ccc(-c6ccccc6)cc5c5cc(-c6ccccc6)ccc54)c3C#N)cc2)c(C#N)c(-n2c3ccc(-c4ccccc4)cc3c3cc(-c4ccccc4)ccc32)c(-c2ccccc2)c1-c1ccccc1. The predicted octanol–water partition coefficient (Wildman–Crippen LogP) is 24.0. The van der Waals surface area contributed by atoms with Gasteiger partial charge in [-0.3, -0.25) is 0 Å². The van der Waals surface area contributed by atoms with Crippen LogP contribution in [0.2, 0.25) is 0 Å². The number of aromatic nitrogens is 2. The van der Waals surface area contributed by atoms with Crippen molar-refractivity contribution in [1.29, 1.82) is 21.0 Å². The Morgan fingerprint density at radius 3 is 0.580 bits per heavy atom. The molecule has 6 nitrogen and oxygen atoms in total. The molecular weight excluding hydrogens is 1210 g/mol. The Bertz CT molecular complexity index is 5650. The van der Waals surface area contributed by atoms with Gasteiger partial charge in [-0.05, 0) is 126 Å². The molecule has 17 aromatic rings. The summed E-state index contributed by atoms with van der Waals surface area (Å²) in [7, 11) is 0. The summed E-state index contributed by atoms with van der Waals surface area (Å²) in [5.41, 5.74) is 22.7. The van der Waals surface area contributed by atoms with Crippen LogP contribution in [0.25, 0.3) is 166 Å². The number of nitrogens with zero attached hydrogens (tertiary/aromatic N) is 6. The summed E-state index contributed by atoms with van der Waals surface area (Å²) in [6.45, 7) is 0. The monoisotopic (exact) mass is 1270 g/mol. The molecule has 0 aliphatic rings. The molecule has 0 saturated heterocycles. The van der Waals surface area contributed by atoms with Crippen molar-refractivity contribution in [2.75, 3.05) is 0 Å². The van der Waals surface area contributed by atoms with E-state index in [4.69, 9.17) is 0 Å².